The molecule has 2 heterocycles. The molecule has 1 fully saturated rings. The summed E-state index contributed by atoms with van der Waals surface area (Å²) < 4.78 is 7.97. The van der Waals surface area contributed by atoms with Crippen LogP contribution in [0.4, 0.5) is 26.9 Å². The van der Waals surface area contributed by atoms with Crippen LogP contribution in [0.25, 0.3) is 16.5 Å². The van der Waals surface area contributed by atoms with E-state index in [-0.39, 0.29) is 17.5 Å². The second-order valence-corrected chi connectivity index (χ2v) is 12.0. The lowest BCUT2D eigenvalue weighted by molar-refractivity contribution is 0.251. The molecule has 4 amide bonds. The zero-order valence-corrected chi connectivity index (χ0v) is 25.1. The predicted octanol–water partition coefficient (Wildman–Crippen LogP) is 7.75. The Hall–Kier alpha value is -5.38. The average molecular weight is 590 g/mol. The number of ether oxygens (including phenoxy) is 1. The van der Waals surface area contributed by atoms with E-state index in [0.717, 1.165) is 40.6 Å². The lowest BCUT2D eigenvalue weighted by atomic mass is 9.92. The van der Waals surface area contributed by atoms with E-state index in [2.05, 4.69) is 47.0 Å². The van der Waals surface area contributed by atoms with Gasteiger partial charge in [0.25, 0.3) is 0 Å². The number of rotatable bonds is 7. The topological polar surface area (TPSA) is 122 Å². The van der Waals surface area contributed by atoms with E-state index in [9.17, 15) is 9.59 Å². The number of urea groups is 2. The van der Waals surface area contributed by atoms with Crippen LogP contribution in [0, 0.1) is 6.92 Å². The molecule has 44 heavy (non-hydrogen) atoms. The molecule has 0 atom stereocenters. The van der Waals surface area contributed by atoms with Crippen LogP contribution in [-0.2, 0) is 5.41 Å². The van der Waals surface area contributed by atoms with Crippen molar-refractivity contribution in [2.24, 2.45) is 0 Å². The minimum atomic E-state index is -0.396. The van der Waals surface area contributed by atoms with Gasteiger partial charge in [0.2, 0.25) is 0 Å². The van der Waals surface area contributed by atoms with Gasteiger partial charge in [-0.3, -0.25) is 10.6 Å². The molecule has 10 heteroatoms. The van der Waals surface area contributed by atoms with Gasteiger partial charge in [-0.15, -0.1) is 0 Å². The van der Waals surface area contributed by atoms with Crippen molar-refractivity contribution in [3.63, 3.8) is 0 Å². The molecule has 0 bridgehead atoms. The van der Waals surface area contributed by atoms with Crippen molar-refractivity contribution < 1.29 is 14.3 Å². The molecule has 3 aromatic carbocycles. The molecule has 5 aromatic rings. The largest absolute Gasteiger partial charge is 0.457 e. The summed E-state index contributed by atoms with van der Waals surface area (Å²) in [5, 5.41) is 18.0. The van der Waals surface area contributed by atoms with Crippen molar-refractivity contribution in [2.75, 3.05) is 16.0 Å². The molecule has 6 rings (SSSR count). The molecule has 4 N–H and O–H groups in total. The summed E-state index contributed by atoms with van der Waals surface area (Å²) in [5.74, 6) is 2.07. The number of amides is 4. The number of aromatic nitrogens is 3. The Morgan fingerprint density at radius 1 is 0.864 bits per heavy atom. The molecule has 10 nitrogen and oxygen atoms in total. The van der Waals surface area contributed by atoms with Crippen LogP contribution in [0.15, 0.2) is 85.1 Å². The first-order chi connectivity index (χ1) is 21.1. The molecule has 0 unspecified atom stereocenters. The standard InChI is InChI=1S/C34H35N7O3/c1-21-9-13-23(14-10-21)41-31(20-29(40-41)34(2,3)4)39-33(43)37-27-15-16-28(26-8-6-5-7-25(26)27)44-24-17-18-35-30(19-24)38-32(42)36-22-11-12-22/h5-10,13-20,22H,11-12H2,1-4H3,(H2,37,39,43)(H2,35,36,38,42). The van der Waals surface area contributed by atoms with Gasteiger partial charge in [-0.1, -0.05) is 62.7 Å². The molecule has 2 aromatic heterocycles. The summed E-state index contributed by atoms with van der Waals surface area (Å²) in [6.07, 6.45) is 3.58. The van der Waals surface area contributed by atoms with Gasteiger partial charge in [-0.2, -0.15) is 5.10 Å². The molecule has 1 aliphatic carbocycles. The van der Waals surface area contributed by atoms with E-state index in [4.69, 9.17) is 9.84 Å². The van der Waals surface area contributed by atoms with Crippen molar-refractivity contribution in [1.82, 2.24) is 20.1 Å². The number of nitrogens with one attached hydrogen (secondary N) is 4. The first-order valence-corrected chi connectivity index (χ1v) is 14.6. The van der Waals surface area contributed by atoms with E-state index in [0.29, 0.717) is 28.8 Å². The van der Waals surface area contributed by atoms with E-state index >= 15 is 0 Å². The molecule has 224 valence electrons. The van der Waals surface area contributed by atoms with Gasteiger partial charge in [0.05, 0.1) is 17.1 Å². The molecule has 0 aliphatic heterocycles. The van der Waals surface area contributed by atoms with E-state index in [1.807, 2.05) is 61.5 Å². The maximum absolute atomic E-state index is 13.4. The molecule has 1 aliphatic rings. The normalized spacial score (nSPS) is 12.9. The Morgan fingerprint density at radius 2 is 1.61 bits per heavy atom. The Bertz CT molecular complexity index is 1840. The fourth-order valence-corrected chi connectivity index (χ4v) is 4.69. The van der Waals surface area contributed by atoms with Gasteiger partial charge in [0.15, 0.2) is 0 Å². The van der Waals surface area contributed by atoms with Gasteiger partial charge >= 0.3 is 12.1 Å². The second-order valence-electron chi connectivity index (χ2n) is 12.0. The van der Waals surface area contributed by atoms with Gasteiger partial charge in [-0.05, 0) is 50.1 Å². The smallest absolute Gasteiger partial charge is 0.324 e. The molecular weight excluding hydrogens is 554 g/mol. The quantitative estimate of drug-likeness (QED) is 0.155. The summed E-state index contributed by atoms with van der Waals surface area (Å²) in [5.41, 5.74) is 3.27. The fraction of sp³-hybridized carbons (Fsp3) is 0.235. The van der Waals surface area contributed by atoms with E-state index in [1.165, 1.54) is 0 Å². The highest BCUT2D eigenvalue weighted by Crippen LogP contribution is 2.35. The number of hydrogen-bond acceptors (Lipinski definition) is 5. The summed E-state index contributed by atoms with van der Waals surface area (Å²) in [6.45, 7) is 8.29. The Balaban J connectivity index is 1.21. The average Bonchev–Trinajstić information content (AvgIpc) is 3.69. The number of nitrogens with zero attached hydrogens (tertiary/aromatic N) is 3. The van der Waals surface area contributed by atoms with Crippen LogP contribution in [0.3, 0.4) is 0 Å². The maximum Gasteiger partial charge on any atom is 0.324 e. The van der Waals surface area contributed by atoms with Gasteiger partial charge in [0.1, 0.15) is 23.1 Å². The number of hydrogen-bond donors (Lipinski definition) is 4. The van der Waals surface area contributed by atoms with E-state index in [1.54, 1.807) is 35.1 Å². The van der Waals surface area contributed by atoms with Gasteiger partial charge in [0, 0.05) is 40.6 Å². The molecule has 0 spiro atoms. The van der Waals surface area contributed by atoms with Crippen molar-refractivity contribution in [1.29, 1.82) is 0 Å². The number of fused-ring (bicyclic) bond motifs is 1. The summed E-state index contributed by atoms with van der Waals surface area (Å²) >= 11 is 0. The number of anilines is 3. The Kier molecular flexibility index (Phi) is 7.65. The Labute approximate surface area is 255 Å². The van der Waals surface area contributed by atoms with Crippen molar-refractivity contribution >= 4 is 40.2 Å². The lowest BCUT2D eigenvalue weighted by Gasteiger charge is -2.15. The van der Waals surface area contributed by atoms with Gasteiger partial charge in [-0.25, -0.2) is 19.3 Å². The van der Waals surface area contributed by atoms with Crippen LogP contribution in [0.1, 0.15) is 44.9 Å². The third-order valence-electron chi connectivity index (χ3n) is 7.24. The van der Waals surface area contributed by atoms with E-state index < -0.39 is 6.03 Å². The first kappa shape index (κ1) is 28.7. The van der Waals surface area contributed by atoms with Crippen LogP contribution < -0.4 is 26.0 Å². The maximum atomic E-state index is 13.4. The van der Waals surface area contributed by atoms with Crippen LogP contribution in [0.2, 0.25) is 0 Å². The van der Waals surface area contributed by atoms with Crippen LogP contribution in [0.5, 0.6) is 11.5 Å². The molecule has 1 saturated carbocycles. The molecule has 0 radical (unpaired) electrons. The van der Waals surface area contributed by atoms with Crippen LogP contribution in [-0.4, -0.2) is 32.9 Å². The summed E-state index contributed by atoms with van der Waals surface area (Å²) in [4.78, 5) is 29.7. The van der Waals surface area contributed by atoms with Crippen molar-refractivity contribution in [3.05, 3.63) is 96.3 Å². The SMILES string of the molecule is Cc1ccc(-n2nc(C(C)(C)C)cc2NC(=O)Nc2ccc(Oc3ccnc(NC(=O)NC4CC4)c3)c3ccccc23)cc1. The highest BCUT2D eigenvalue weighted by molar-refractivity contribution is 6.07. The zero-order chi connectivity index (χ0) is 30.8. The van der Waals surface area contributed by atoms with Gasteiger partial charge < -0.3 is 15.4 Å². The molecule has 0 saturated heterocycles. The predicted molar refractivity (Wildman–Crippen MR) is 173 cm³/mol. The highest BCUT2D eigenvalue weighted by atomic mass is 16.5. The lowest BCUT2D eigenvalue weighted by Crippen LogP contribution is -2.30. The van der Waals surface area contributed by atoms with Crippen molar-refractivity contribution in [3.8, 4) is 17.2 Å². The number of carbonyl (C=O) groups is 2. The molecular formula is C34H35N7O3. The number of aryl methyl sites for hydroxylation is 1. The zero-order valence-electron chi connectivity index (χ0n) is 25.1. The summed E-state index contributed by atoms with van der Waals surface area (Å²) in [7, 11) is 0. The third kappa shape index (κ3) is 6.64. The van der Waals surface area contributed by atoms with Crippen LogP contribution >= 0.6 is 0 Å². The minimum Gasteiger partial charge on any atom is -0.457 e. The monoisotopic (exact) mass is 589 g/mol. The highest BCUT2D eigenvalue weighted by Gasteiger charge is 2.24. The fourth-order valence-electron chi connectivity index (χ4n) is 4.69. The number of benzene rings is 3. The minimum absolute atomic E-state index is 0.205. The third-order valence-corrected chi connectivity index (χ3v) is 7.24. The van der Waals surface area contributed by atoms with Crippen molar-refractivity contribution in [2.45, 2.75) is 52.0 Å². The first-order valence-electron chi connectivity index (χ1n) is 14.6. The number of pyridine rings is 1. The summed E-state index contributed by atoms with van der Waals surface area (Å²) in [6, 6.07) is 24.1. The number of carbonyl (C=O) groups excluding carboxylic acids is 2. The Morgan fingerprint density at radius 3 is 2.34 bits per heavy atom. The second kappa shape index (κ2) is 11.7.